The normalized spacial score (nSPS) is 22.5. The van der Waals surface area contributed by atoms with E-state index in [9.17, 15) is 0 Å². The van der Waals surface area contributed by atoms with Gasteiger partial charge in [-0.1, -0.05) is 39.0 Å². The van der Waals surface area contributed by atoms with E-state index in [-0.39, 0.29) is 0 Å². The maximum absolute atomic E-state index is 4.32. The Bertz CT molecular complexity index is 920. The first-order chi connectivity index (χ1) is 18.3. The van der Waals surface area contributed by atoms with E-state index in [1.807, 2.05) is 26.1 Å². The zero-order valence-electron chi connectivity index (χ0n) is 23.8. The van der Waals surface area contributed by atoms with Crippen molar-refractivity contribution in [2.24, 2.45) is 0 Å². The molecular formula is C32H51N5. The Labute approximate surface area is 226 Å². The average Bonchev–Trinajstić information content (AvgIpc) is 3.45. The van der Waals surface area contributed by atoms with Gasteiger partial charge in [0.1, 0.15) is 0 Å². The maximum atomic E-state index is 4.32. The smallest absolute Gasteiger partial charge is 0.0435 e. The van der Waals surface area contributed by atoms with Crippen LogP contribution in [0.4, 0.5) is 5.69 Å². The monoisotopic (exact) mass is 505 g/mol. The van der Waals surface area contributed by atoms with E-state index in [4.69, 9.17) is 0 Å². The largest absolute Gasteiger partial charge is 0.368 e. The van der Waals surface area contributed by atoms with Gasteiger partial charge in [-0.3, -0.25) is 9.88 Å². The van der Waals surface area contributed by atoms with Crippen LogP contribution in [0.15, 0.2) is 36.5 Å². The molecule has 2 unspecified atom stereocenters. The summed E-state index contributed by atoms with van der Waals surface area (Å²) in [6, 6.07) is 12.6. The number of rotatable bonds is 6. The third kappa shape index (κ3) is 7.55. The summed E-state index contributed by atoms with van der Waals surface area (Å²) >= 11 is 0. The van der Waals surface area contributed by atoms with Crippen LogP contribution < -0.4 is 15.5 Å². The molecule has 4 aliphatic rings. The van der Waals surface area contributed by atoms with Crippen molar-refractivity contribution >= 4 is 5.69 Å². The van der Waals surface area contributed by atoms with Crippen molar-refractivity contribution < 1.29 is 0 Å². The first-order valence-electron chi connectivity index (χ1n) is 15.3. The van der Waals surface area contributed by atoms with E-state index in [1.54, 1.807) is 5.56 Å². The highest BCUT2D eigenvalue weighted by atomic mass is 15.3. The van der Waals surface area contributed by atoms with Gasteiger partial charge in [0.05, 0.1) is 0 Å². The number of anilines is 1. The number of nitrogens with one attached hydrogen (secondary N) is 2. The Morgan fingerprint density at radius 1 is 0.973 bits per heavy atom. The molecule has 0 saturated carbocycles. The van der Waals surface area contributed by atoms with Crippen LogP contribution in [-0.4, -0.2) is 61.2 Å². The van der Waals surface area contributed by atoms with E-state index >= 15 is 0 Å². The minimum absolute atomic E-state index is 0.616. The van der Waals surface area contributed by atoms with Crippen LogP contribution in [0, 0.1) is 0 Å². The molecule has 0 radical (unpaired) electrons. The number of hydrogen-bond donors (Lipinski definition) is 2. The van der Waals surface area contributed by atoms with Crippen molar-refractivity contribution in [3.8, 4) is 0 Å². The van der Waals surface area contributed by atoms with E-state index in [0.717, 1.165) is 25.7 Å². The third-order valence-corrected chi connectivity index (χ3v) is 8.40. The predicted molar refractivity (Wildman–Crippen MR) is 158 cm³/mol. The van der Waals surface area contributed by atoms with Crippen molar-refractivity contribution in [3.63, 3.8) is 0 Å². The lowest BCUT2D eigenvalue weighted by molar-refractivity contribution is 0.230. The number of benzene rings is 1. The highest BCUT2D eigenvalue weighted by Gasteiger charge is 2.32. The van der Waals surface area contributed by atoms with E-state index in [1.165, 1.54) is 106 Å². The predicted octanol–water partition coefficient (Wildman–Crippen LogP) is 5.36. The Balaban J connectivity index is 0.000000222. The lowest BCUT2D eigenvalue weighted by Crippen LogP contribution is -2.50. The van der Waals surface area contributed by atoms with E-state index < -0.39 is 0 Å². The fourth-order valence-electron chi connectivity index (χ4n) is 6.42. The second kappa shape index (κ2) is 14.8. The zero-order valence-corrected chi connectivity index (χ0v) is 23.8. The molecule has 1 aromatic carbocycles. The fraction of sp³-hybridized carbons (Fsp3) is 0.656. The fourth-order valence-corrected chi connectivity index (χ4v) is 6.42. The maximum Gasteiger partial charge on any atom is 0.0435 e. The molecule has 204 valence electrons. The average molecular weight is 506 g/mol. The molecule has 1 aliphatic carbocycles. The van der Waals surface area contributed by atoms with Gasteiger partial charge in [-0.2, -0.15) is 0 Å². The number of pyridine rings is 1. The molecule has 2 saturated heterocycles. The van der Waals surface area contributed by atoms with Crippen molar-refractivity contribution in [3.05, 3.63) is 58.9 Å². The first-order valence-corrected chi connectivity index (χ1v) is 15.3. The van der Waals surface area contributed by atoms with Gasteiger partial charge < -0.3 is 15.5 Å². The Morgan fingerprint density at radius 2 is 1.84 bits per heavy atom. The molecule has 5 heteroatoms. The van der Waals surface area contributed by atoms with Crippen molar-refractivity contribution in [2.45, 2.75) is 97.2 Å². The molecule has 6 rings (SSSR count). The van der Waals surface area contributed by atoms with Crippen molar-refractivity contribution in [1.29, 1.82) is 0 Å². The van der Waals surface area contributed by atoms with Crippen molar-refractivity contribution in [2.75, 3.05) is 44.2 Å². The summed E-state index contributed by atoms with van der Waals surface area (Å²) in [7, 11) is 0. The summed E-state index contributed by atoms with van der Waals surface area (Å²) in [5, 5.41) is 7.31. The number of aryl methyl sites for hydroxylation is 2. The molecule has 0 bridgehead atoms. The molecule has 2 N–H and O–H groups in total. The molecule has 2 fully saturated rings. The van der Waals surface area contributed by atoms with Gasteiger partial charge in [0.2, 0.25) is 0 Å². The molecule has 1 aromatic heterocycles. The van der Waals surface area contributed by atoms with Crippen LogP contribution in [-0.2, 0) is 25.8 Å². The number of hydrogen-bond acceptors (Lipinski definition) is 5. The van der Waals surface area contributed by atoms with Crippen LogP contribution in [0.5, 0.6) is 0 Å². The summed E-state index contributed by atoms with van der Waals surface area (Å²) < 4.78 is 0. The number of nitrogens with zero attached hydrogens (tertiary/aromatic N) is 3. The molecule has 0 amide bonds. The Kier molecular flexibility index (Phi) is 11.3. The van der Waals surface area contributed by atoms with Crippen LogP contribution in [0.25, 0.3) is 0 Å². The summed E-state index contributed by atoms with van der Waals surface area (Å²) in [6.45, 7) is 14.5. The van der Waals surface area contributed by atoms with Gasteiger partial charge in [0.25, 0.3) is 0 Å². The molecule has 0 spiro atoms. The SMILES string of the molecule is CC.CCCNCCC1Cc2c(cccc2N2CCN3CCCC3C2)CN1.c1cnc2c(c1)CCCC2. The minimum Gasteiger partial charge on any atom is -0.368 e. The second-order valence-corrected chi connectivity index (χ2v) is 10.8. The first kappa shape index (κ1) is 28.1. The lowest BCUT2D eigenvalue weighted by Gasteiger charge is -2.41. The molecule has 4 heterocycles. The molecule has 5 nitrogen and oxygen atoms in total. The quantitative estimate of drug-likeness (QED) is 0.517. The molecule has 2 atom stereocenters. The molecular weight excluding hydrogens is 454 g/mol. The lowest BCUT2D eigenvalue weighted by atomic mass is 9.91. The van der Waals surface area contributed by atoms with Gasteiger partial charge in [0, 0.05) is 55.8 Å². The van der Waals surface area contributed by atoms with Crippen LogP contribution in [0.1, 0.15) is 81.7 Å². The van der Waals surface area contributed by atoms with Gasteiger partial charge in [-0.05, 0) is 106 Å². The second-order valence-electron chi connectivity index (χ2n) is 10.8. The summed E-state index contributed by atoms with van der Waals surface area (Å²) in [6.07, 6.45) is 13.4. The third-order valence-electron chi connectivity index (χ3n) is 8.40. The van der Waals surface area contributed by atoms with E-state index in [0.29, 0.717) is 6.04 Å². The number of fused-ring (bicyclic) bond motifs is 3. The van der Waals surface area contributed by atoms with Crippen molar-refractivity contribution in [1.82, 2.24) is 20.5 Å². The van der Waals surface area contributed by atoms with Crippen LogP contribution >= 0.6 is 0 Å². The zero-order chi connectivity index (χ0) is 25.9. The van der Waals surface area contributed by atoms with Gasteiger partial charge >= 0.3 is 0 Å². The van der Waals surface area contributed by atoms with Gasteiger partial charge in [0.15, 0.2) is 0 Å². The number of aromatic nitrogens is 1. The summed E-state index contributed by atoms with van der Waals surface area (Å²) in [4.78, 5) is 9.71. The molecule has 2 aromatic rings. The molecule has 37 heavy (non-hydrogen) atoms. The summed E-state index contributed by atoms with van der Waals surface area (Å²) in [5.74, 6) is 0. The minimum atomic E-state index is 0.616. The van der Waals surface area contributed by atoms with Crippen LogP contribution in [0.3, 0.4) is 0 Å². The highest BCUT2D eigenvalue weighted by molar-refractivity contribution is 5.58. The Hall–Kier alpha value is -1.95. The van der Waals surface area contributed by atoms with Gasteiger partial charge in [-0.25, -0.2) is 0 Å². The van der Waals surface area contributed by atoms with Gasteiger partial charge in [-0.15, -0.1) is 0 Å². The topological polar surface area (TPSA) is 43.4 Å². The Morgan fingerprint density at radius 3 is 2.70 bits per heavy atom. The van der Waals surface area contributed by atoms with E-state index in [2.05, 4.69) is 56.6 Å². The standard InChI is InChI=1S/C21H34N4.C9H11N.C2H6/c1-2-9-22-10-8-18-14-20-17(15-23-18)5-3-7-21(20)25-13-12-24-11-4-6-19(24)16-25;1-2-6-9-8(4-1)5-3-7-10-9;1-2/h3,5,7,18-19,22-23H,2,4,6,8-16H2,1H3;3,5,7H,1-2,4,6H2;1-2H3. The number of piperazine rings is 1. The molecule has 3 aliphatic heterocycles. The summed E-state index contributed by atoms with van der Waals surface area (Å²) in [5.41, 5.74) is 7.46. The van der Waals surface area contributed by atoms with Crippen LogP contribution in [0.2, 0.25) is 0 Å². The highest BCUT2D eigenvalue weighted by Crippen LogP contribution is 2.32.